The molecule has 1 aliphatic carbocycles. The van der Waals surface area contributed by atoms with E-state index >= 15 is 0 Å². The van der Waals surface area contributed by atoms with E-state index in [9.17, 15) is 4.79 Å². The van der Waals surface area contributed by atoms with E-state index in [1.165, 1.54) is 19.3 Å². The van der Waals surface area contributed by atoms with Crippen LogP contribution in [-0.4, -0.2) is 51.9 Å². The zero-order chi connectivity index (χ0) is 14.7. The fourth-order valence-electron chi connectivity index (χ4n) is 3.01. The van der Waals surface area contributed by atoms with Crippen LogP contribution in [0.3, 0.4) is 0 Å². The highest BCUT2D eigenvalue weighted by atomic mass is 16.5. The Labute approximate surface area is 124 Å². The Kier molecular flexibility index (Phi) is 4.38. The third-order valence-electron chi connectivity index (χ3n) is 4.19. The van der Waals surface area contributed by atoms with Crippen LogP contribution in [0, 0.1) is 6.92 Å². The lowest BCUT2D eigenvalue weighted by Gasteiger charge is -2.33. The van der Waals surface area contributed by atoms with Crippen molar-refractivity contribution >= 4 is 6.03 Å². The summed E-state index contributed by atoms with van der Waals surface area (Å²) in [6.45, 7) is 3.51. The molecule has 1 saturated heterocycles. The molecule has 7 nitrogen and oxygen atoms in total. The molecule has 3 rings (SSSR count). The zero-order valence-corrected chi connectivity index (χ0v) is 12.5. The Morgan fingerprint density at radius 2 is 2.19 bits per heavy atom. The third kappa shape index (κ3) is 3.53. The molecule has 1 aromatic rings. The van der Waals surface area contributed by atoms with Crippen molar-refractivity contribution in [2.75, 3.05) is 19.7 Å². The molecule has 1 unspecified atom stereocenters. The molecule has 1 atom stereocenters. The summed E-state index contributed by atoms with van der Waals surface area (Å²) < 4.78 is 5.68. The van der Waals surface area contributed by atoms with Gasteiger partial charge in [-0.1, -0.05) is 19.3 Å². The molecule has 1 aromatic heterocycles. The second kappa shape index (κ2) is 6.43. The lowest BCUT2D eigenvalue weighted by Crippen LogP contribution is -2.50. The Hall–Kier alpha value is -1.63. The van der Waals surface area contributed by atoms with E-state index < -0.39 is 0 Å². The number of urea groups is 1. The Morgan fingerprint density at radius 3 is 2.90 bits per heavy atom. The predicted octanol–water partition coefficient (Wildman–Crippen LogP) is 1.53. The van der Waals surface area contributed by atoms with Crippen molar-refractivity contribution in [1.82, 2.24) is 25.4 Å². The number of rotatable bonds is 2. The van der Waals surface area contributed by atoms with Crippen molar-refractivity contribution in [3.05, 3.63) is 11.6 Å². The predicted molar refractivity (Wildman–Crippen MR) is 76.8 cm³/mol. The monoisotopic (exact) mass is 293 g/mol. The van der Waals surface area contributed by atoms with E-state index in [1.54, 1.807) is 0 Å². The molecule has 2 fully saturated rings. The molecule has 2 amide bonds. The van der Waals surface area contributed by atoms with E-state index in [0.717, 1.165) is 18.7 Å². The summed E-state index contributed by atoms with van der Waals surface area (Å²) in [6.07, 6.45) is 5.68. The van der Waals surface area contributed by atoms with Gasteiger partial charge in [-0.25, -0.2) is 9.78 Å². The molecule has 0 radical (unpaired) electrons. The average Bonchev–Trinajstić information content (AvgIpc) is 2.95. The normalized spacial score (nSPS) is 24.0. The zero-order valence-electron chi connectivity index (χ0n) is 12.5. The molecule has 7 heteroatoms. The van der Waals surface area contributed by atoms with Gasteiger partial charge in [-0.05, 0) is 19.8 Å². The molecular formula is C14H23N5O2. The summed E-state index contributed by atoms with van der Waals surface area (Å²) in [5, 5.41) is 10.1. The van der Waals surface area contributed by atoms with Crippen LogP contribution in [0.2, 0.25) is 0 Å². The molecular weight excluding hydrogens is 270 g/mol. The van der Waals surface area contributed by atoms with Gasteiger partial charge in [-0.3, -0.25) is 5.10 Å². The van der Waals surface area contributed by atoms with Crippen molar-refractivity contribution in [1.29, 1.82) is 0 Å². The summed E-state index contributed by atoms with van der Waals surface area (Å²) in [6, 6.07) is 0.348. The molecule has 21 heavy (non-hydrogen) atoms. The molecule has 116 valence electrons. The van der Waals surface area contributed by atoms with Gasteiger partial charge in [0.2, 0.25) is 0 Å². The number of hydrogen-bond donors (Lipinski definition) is 2. The van der Waals surface area contributed by atoms with Crippen molar-refractivity contribution < 1.29 is 9.53 Å². The second-order valence-electron chi connectivity index (χ2n) is 5.87. The lowest BCUT2D eigenvalue weighted by atomic mass is 9.96. The number of ether oxygens (including phenoxy) is 1. The van der Waals surface area contributed by atoms with E-state index in [-0.39, 0.29) is 12.1 Å². The topological polar surface area (TPSA) is 83.1 Å². The molecule has 2 aliphatic rings. The maximum absolute atomic E-state index is 12.4. The number of H-pyrrole nitrogens is 1. The van der Waals surface area contributed by atoms with E-state index in [0.29, 0.717) is 31.6 Å². The molecule has 0 bridgehead atoms. The quantitative estimate of drug-likeness (QED) is 0.866. The first kappa shape index (κ1) is 14.3. The highest BCUT2D eigenvalue weighted by Crippen LogP contribution is 2.21. The molecule has 1 saturated carbocycles. The number of carbonyl (C=O) groups is 1. The highest BCUT2D eigenvalue weighted by molar-refractivity contribution is 5.74. The van der Waals surface area contributed by atoms with Crippen LogP contribution in [0.25, 0.3) is 0 Å². The standard InChI is InChI=1S/C14H23N5O2/c1-10-15-13(18-17-10)12-9-19(7-8-21-12)14(20)16-11-5-3-2-4-6-11/h11-12H,2-9H2,1H3,(H,16,20)(H,15,17,18). The molecule has 0 aromatic carbocycles. The minimum atomic E-state index is -0.235. The summed E-state index contributed by atoms with van der Waals surface area (Å²) in [7, 11) is 0. The van der Waals surface area contributed by atoms with Crippen LogP contribution >= 0.6 is 0 Å². The number of morpholine rings is 1. The molecule has 0 spiro atoms. The van der Waals surface area contributed by atoms with Gasteiger partial charge in [0.25, 0.3) is 0 Å². The fraction of sp³-hybridized carbons (Fsp3) is 0.786. The van der Waals surface area contributed by atoms with Crippen molar-refractivity contribution in [3.63, 3.8) is 0 Å². The largest absolute Gasteiger partial charge is 0.366 e. The summed E-state index contributed by atoms with van der Waals surface area (Å²) in [4.78, 5) is 18.5. The average molecular weight is 293 g/mol. The number of carbonyl (C=O) groups excluding carboxylic acids is 1. The number of nitrogens with zero attached hydrogens (tertiary/aromatic N) is 3. The molecule has 2 N–H and O–H groups in total. The molecule has 2 heterocycles. The number of aryl methyl sites for hydroxylation is 1. The first-order valence-corrected chi connectivity index (χ1v) is 7.78. The Bertz CT molecular complexity index is 483. The van der Waals surface area contributed by atoms with Gasteiger partial charge in [0.15, 0.2) is 5.82 Å². The maximum atomic E-state index is 12.4. The number of hydrogen-bond acceptors (Lipinski definition) is 4. The van der Waals surface area contributed by atoms with Gasteiger partial charge in [-0.15, -0.1) is 0 Å². The van der Waals surface area contributed by atoms with Gasteiger partial charge in [0, 0.05) is 12.6 Å². The second-order valence-corrected chi connectivity index (χ2v) is 5.87. The third-order valence-corrected chi connectivity index (χ3v) is 4.19. The van der Waals surface area contributed by atoms with Crippen LogP contribution in [-0.2, 0) is 4.74 Å². The van der Waals surface area contributed by atoms with E-state index in [1.807, 2.05) is 11.8 Å². The van der Waals surface area contributed by atoms with Crippen LogP contribution in [0.15, 0.2) is 0 Å². The number of aromatic nitrogens is 3. The Balaban J connectivity index is 1.56. The van der Waals surface area contributed by atoms with Crippen LogP contribution < -0.4 is 5.32 Å². The number of aromatic amines is 1. The van der Waals surface area contributed by atoms with Gasteiger partial charge in [-0.2, -0.15) is 5.10 Å². The van der Waals surface area contributed by atoms with Gasteiger partial charge in [0.1, 0.15) is 11.9 Å². The minimum absolute atomic E-state index is 0.0162. The van der Waals surface area contributed by atoms with Crippen LogP contribution in [0.5, 0.6) is 0 Å². The van der Waals surface area contributed by atoms with Crippen molar-refractivity contribution in [2.45, 2.75) is 51.2 Å². The maximum Gasteiger partial charge on any atom is 0.317 e. The SMILES string of the molecule is Cc1nc(C2CN(C(=O)NC3CCCCC3)CCO2)n[nH]1. The van der Waals surface area contributed by atoms with Crippen LogP contribution in [0.4, 0.5) is 4.79 Å². The first-order chi connectivity index (χ1) is 10.2. The first-order valence-electron chi connectivity index (χ1n) is 7.78. The highest BCUT2D eigenvalue weighted by Gasteiger charge is 2.29. The number of amides is 2. The number of nitrogens with one attached hydrogen (secondary N) is 2. The van der Waals surface area contributed by atoms with Gasteiger partial charge in [0.05, 0.1) is 13.2 Å². The molecule has 1 aliphatic heterocycles. The van der Waals surface area contributed by atoms with E-state index in [2.05, 4.69) is 20.5 Å². The van der Waals surface area contributed by atoms with Crippen molar-refractivity contribution in [3.8, 4) is 0 Å². The van der Waals surface area contributed by atoms with E-state index in [4.69, 9.17) is 4.74 Å². The fourth-order valence-corrected chi connectivity index (χ4v) is 3.01. The summed E-state index contributed by atoms with van der Waals surface area (Å²) >= 11 is 0. The summed E-state index contributed by atoms with van der Waals surface area (Å²) in [5.74, 6) is 1.39. The van der Waals surface area contributed by atoms with Gasteiger partial charge >= 0.3 is 6.03 Å². The van der Waals surface area contributed by atoms with Crippen molar-refractivity contribution in [2.24, 2.45) is 0 Å². The van der Waals surface area contributed by atoms with Gasteiger partial charge < -0.3 is 15.0 Å². The Morgan fingerprint density at radius 1 is 1.38 bits per heavy atom. The van der Waals surface area contributed by atoms with Crippen LogP contribution in [0.1, 0.15) is 49.9 Å². The lowest BCUT2D eigenvalue weighted by molar-refractivity contribution is -0.0203. The minimum Gasteiger partial charge on any atom is -0.366 e. The summed E-state index contributed by atoms with van der Waals surface area (Å²) in [5.41, 5.74) is 0. The smallest absolute Gasteiger partial charge is 0.317 e.